The van der Waals surface area contributed by atoms with Gasteiger partial charge in [0.15, 0.2) is 0 Å². The van der Waals surface area contributed by atoms with E-state index in [1.807, 2.05) is 26.0 Å². The molecule has 4 nitrogen and oxygen atoms in total. The Morgan fingerprint density at radius 1 is 1.40 bits per heavy atom. The van der Waals surface area contributed by atoms with Crippen molar-refractivity contribution < 1.29 is 18.7 Å². The Hall–Kier alpha value is -2.08. The molecule has 132 valence electrons. The molecule has 0 radical (unpaired) electrons. The Morgan fingerprint density at radius 2 is 2.20 bits per heavy atom. The molecule has 1 aliphatic rings. The van der Waals surface area contributed by atoms with Crippen LogP contribution in [0.5, 0.6) is 11.5 Å². The summed E-state index contributed by atoms with van der Waals surface area (Å²) in [6.07, 6.45) is 0.995. The van der Waals surface area contributed by atoms with Gasteiger partial charge in [-0.25, -0.2) is 4.39 Å². The number of carbonyl (C=O) groups excluding carboxylic acids is 1. The van der Waals surface area contributed by atoms with Crippen molar-refractivity contribution in [2.45, 2.75) is 32.9 Å². The molecule has 0 aliphatic carbocycles. The zero-order valence-electron chi connectivity index (χ0n) is 14.1. The minimum atomic E-state index is -0.396. The van der Waals surface area contributed by atoms with Crippen LogP contribution in [0.1, 0.15) is 35.3 Å². The molecule has 0 bridgehead atoms. The van der Waals surface area contributed by atoms with Crippen molar-refractivity contribution >= 4 is 21.8 Å². The summed E-state index contributed by atoms with van der Waals surface area (Å²) in [5.41, 5.74) is 2.35. The van der Waals surface area contributed by atoms with Gasteiger partial charge >= 0.3 is 0 Å². The zero-order chi connectivity index (χ0) is 18.0. The van der Waals surface area contributed by atoms with Crippen LogP contribution in [0.25, 0.3) is 0 Å². The summed E-state index contributed by atoms with van der Waals surface area (Å²) in [5.74, 6) is 0.900. The van der Waals surface area contributed by atoms with E-state index in [1.54, 1.807) is 0 Å². The Kier molecular flexibility index (Phi) is 5.27. The average Bonchev–Trinajstić information content (AvgIpc) is 2.91. The van der Waals surface area contributed by atoms with E-state index in [9.17, 15) is 9.18 Å². The molecule has 0 unspecified atom stereocenters. The minimum absolute atomic E-state index is 0.143. The van der Waals surface area contributed by atoms with Crippen molar-refractivity contribution in [3.63, 3.8) is 0 Å². The lowest BCUT2D eigenvalue weighted by molar-refractivity contribution is 0.0949. The molecular formula is C19H19BrFNO3. The molecule has 1 heterocycles. The molecule has 3 rings (SSSR count). The minimum Gasteiger partial charge on any atom is -0.494 e. The number of hydrogen-bond acceptors (Lipinski definition) is 3. The number of rotatable bonds is 5. The van der Waals surface area contributed by atoms with Crippen LogP contribution in [0.3, 0.4) is 0 Å². The molecule has 1 N–H and O–H groups in total. The van der Waals surface area contributed by atoms with Crippen molar-refractivity contribution in [3.8, 4) is 11.5 Å². The molecular weight excluding hydrogens is 389 g/mol. The van der Waals surface area contributed by atoms with Gasteiger partial charge in [0.05, 0.1) is 12.2 Å². The van der Waals surface area contributed by atoms with Crippen LogP contribution < -0.4 is 14.8 Å². The lowest BCUT2D eigenvalue weighted by atomic mass is 10.1. The van der Waals surface area contributed by atoms with Gasteiger partial charge in [0, 0.05) is 28.6 Å². The molecule has 2 aromatic rings. The fourth-order valence-electron chi connectivity index (χ4n) is 2.85. The highest BCUT2D eigenvalue weighted by Gasteiger charge is 2.22. The molecule has 0 aromatic heterocycles. The van der Waals surface area contributed by atoms with Crippen LogP contribution in [0, 0.1) is 5.82 Å². The summed E-state index contributed by atoms with van der Waals surface area (Å²) in [5, 5.41) is 2.85. The maximum atomic E-state index is 13.2. The summed E-state index contributed by atoms with van der Waals surface area (Å²) < 4.78 is 25.1. The van der Waals surface area contributed by atoms with E-state index in [0.29, 0.717) is 23.2 Å². The number of benzene rings is 2. The normalized spacial score (nSPS) is 15.4. The predicted octanol–water partition coefficient (Wildman–Crippen LogP) is 4.24. The van der Waals surface area contributed by atoms with Crippen LogP contribution in [0.4, 0.5) is 4.39 Å². The van der Waals surface area contributed by atoms with Crippen LogP contribution in [0.2, 0.25) is 0 Å². The van der Waals surface area contributed by atoms with Gasteiger partial charge in [-0.2, -0.15) is 0 Å². The Morgan fingerprint density at radius 3 is 2.92 bits per heavy atom. The van der Waals surface area contributed by atoms with Crippen molar-refractivity contribution in [2.24, 2.45) is 0 Å². The number of carbonyl (C=O) groups is 1. The number of ether oxygens (including phenoxy) is 2. The number of amides is 1. The summed E-state index contributed by atoms with van der Waals surface area (Å²) in [6, 6.07) is 7.88. The van der Waals surface area contributed by atoms with Crippen molar-refractivity contribution in [1.82, 2.24) is 5.32 Å². The molecule has 0 saturated heterocycles. The molecule has 1 atom stereocenters. The van der Waals surface area contributed by atoms with Gasteiger partial charge in [-0.05, 0) is 60.1 Å². The zero-order valence-corrected chi connectivity index (χ0v) is 15.7. The second kappa shape index (κ2) is 7.44. The molecule has 0 spiro atoms. The molecule has 0 saturated carbocycles. The van der Waals surface area contributed by atoms with Crippen molar-refractivity contribution in [3.05, 3.63) is 57.3 Å². The topological polar surface area (TPSA) is 47.6 Å². The maximum absolute atomic E-state index is 13.2. The Balaban J connectivity index is 1.78. The second-order valence-electron chi connectivity index (χ2n) is 5.94. The first-order valence-electron chi connectivity index (χ1n) is 8.16. The highest BCUT2D eigenvalue weighted by molar-refractivity contribution is 9.10. The van der Waals surface area contributed by atoms with E-state index in [0.717, 1.165) is 29.0 Å². The summed E-state index contributed by atoms with van der Waals surface area (Å²) in [4.78, 5) is 12.4. The van der Waals surface area contributed by atoms with Crippen molar-refractivity contribution in [2.75, 3.05) is 6.61 Å². The van der Waals surface area contributed by atoms with Gasteiger partial charge in [0.2, 0.25) is 0 Å². The predicted molar refractivity (Wildman–Crippen MR) is 96.7 cm³/mol. The van der Waals surface area contributed by atoms with E-state index >= 15 is 0 Å². The lowest BCUT2D eigenvalue weighted by Gasteiger charge is -2.14. The highest BCUT2D eigenvalue weighted by Crippen LogP contribution is 2.35. The number of hydrogen-bond donors (Lipinski definition) is 1. The van der Waals surface area contributed by atoms with Gasteiger partial charge in [0.1, 0.15) is 23.4 Å². The molecule has 1 aliphatic heterocycles. The third-order valence-electron chi connectivity index (χ3n) is 3.99. The summed E-state index contributed by atoms with van der Waals surface area (Å²) >= 11 is 3.21. The van der Waals surface area contributed by atoms with Crippen LogP contribution >= 0.6 is 15.9 Å². The summed E-state index contributed by atoms with van der Waals surface area (Å²) in [7, 11) is 0. The largest absolute Gasteiger partial charge is 0.494 e. The SMILES string of the molecule is CCOc1cc2c(cc1CNC(=O)c1ccc(F)cc1Br)O[C@H](C)C2. The smallest absolute Gasteiger partial charge is 0.252 e. The van der Waals surface area contributed by atoms with Crippen LogP contribution in [-0.2, 0) is 13.0 Å². The van der Waals surface area contributed by atoms with E-state index in [2.05, 4.69) is 21.2 Å². The summed E-state index contributed by atoms with van der Waals surface area (Å²) in [6.45, 7) is 4.78. The van der Waals surface area contributed by atoms with Gasteiger partial charge in [-0.3, -0.25) is 4.79 Å². The fraction of sp³-hybridized carbons (Fsp3) is 0.316. The molecule has 6 heteroatoms. The number of nitrogens with one attached hydrogen (secondary N) is 1. The van der Waals surface area contributed by atoms with E-state index in [4.69, 9.17) is 9.47 Å². The van der Waals surface area contributed by atoms with Gasteiger partial charge in [-0.15, -0.1) is 0 Å². The standard InChI is InChI=1S/C19H19BrFNO3/c1-3-24-17-7-12-6-11(2)25-18(12)8-13(17)10-22-19(23)15-5-4-14(21)9-16(15)20/h4-5,7-9,11H,3,6,10H2,1-2H3,(H,22,23)/t11-/m1/s1. The third kappa shape index (κ3) is 3.95. The molecule has 2 aromatic carbocycles. The number of fused-ring (bicyclic) bond motifs is 1. The van der Waals surface area contributed by atoms with Crippen LogP contribution in [-0.4, -0.2) is 18.6 Å². The van der Waals surface area contributed by atoms with Gasteiger partial charge in [0.25, 0.3) is 5.91 Å². The average molecular weight is 408 g/mol. The van der Waals surface area contributed by atoms with Gasteiger partial charge in [-0.1, -0.05) is 0 Å². The molecule has 1 amide bonds. The first-order chi connectivity index (χ1) is 12.0. The van der Waals surface area contributed by atoms with E-state index in [-0.39, 0.29) is 12.0 Å². The quantitative estimate of drug-likeness (QED) is 0.805. The van der Waals surface area contributed by atoms with Gasteiger partial charge < -0.3 is 14.8 Å². The fourth-order valence-corrected chi connectivity index (χ4v) is 3.38. The molecule has 0 fully saturated rings. The molecule has 25 heavy (non-hydrogen) atoms. The Labute approximate surface area is 154 Å². The third-order valence-corrected chi connectivity index (χ3v) is 4.65. The van der Waals surface area contributed by atoms with E-state index < -0.39 is 5.82 Å². The maximum Gasteiger partial charge on any atom is 0.252 e. The highest BCUT2D eigenvalue weighted by atomic mass is 79.9. The Bertz CT molecular complexity index is 809. The first-order valence-corrected chi connectivity index (χ1v) is 8.95. The number of halogens is 2. The lowest BCUT2D eigenvalue weighted by Crippen LogP contribution is -2.23. The van der Waals surface area contributed by atoms with Crippen molar-refractivity contribution in [1.29, 1.82) is 0 Å². The van der Waals surface area contributed by atoms with Crippen LogP contribution in [0.15, 0.2) is 34.8 Å². The second-order valence-corrected chi connectivity index (χ2v) is 6.79. The van der Waals surface area contributed by atoms with E-state index in [1.165, 1.54) is 18.2 Å². The first kappa shape index (κ1) is 17.7. The monoisotopic (exact) mass is 407 g/mol.